The van der Waals surface area contributed by atoms with E-state index in [1.807, 2.05) is 0 Å². The number of halogens is 1. The standard InChI is InChI=1S/C26H28INO/c1-4-23(20-11-7-5-8-12-20)26(21-13-9-6-10-14-21)22-15-16-25(24(27)19-22)29-18-17-28(2)3/h5-16,19H,4,17-18H2,1-3H3/b26-23+. The summed E-state index contributed by atoms with van der Waals surface area (Å²) in [5, 5.41) is 0. The highest BCUT2D eigenvalue weighted by molar-refractivity contribution is 14.1. The van der Waals surface area contributed by atoms with Crippen LogP contribution in [0.15, 0.2) is 78.9 Å². The fourth-order valence-electron chi connectivity index (χ4n) is 3.40. The monoisotopic (exact) mass is 497 g/mol. The number of hydrogen-bond donors (Lipinski definition) is 0. The van der Waals surface area contributed by atoms with Crippen molar-refractivity contribution >= 4 is 33.7 Å². The van der Waals surface area contributed by atoms with Gasteiger partial charge in [0, 0.05) is 6.54 Å². The summed E-state index contributed by atoms with van der Waals surface area (Å²) in [7, 11) is 4.12. The molecule has 0 aliphatic heterocycles. The zero-order valence-electron chi connectivity index (χ0n) is 17.4. The molecule has 0 fully saturated rings. The number of nitrogens with zero attached hydrogens (tertiary/aromatic N) is 1. The predicted octanol–water partition coefficient (Wildman–Crippen LogP) is 6.60. The number of allylic oxidation sites excluding steroid dienone is 1. The second kappa shape index (κ2) is 10.6. The number of likely N-dealkylation sites (N-methyl/N-ethyl adjacent to an activating group) is 1. The van der Waals surface area contributed by atoms with Gasteiger partial charge in [0.15, 0.2) is 0 Å². The predicted molar refractivity (Wildman–Crippen MR) is 132 cm³/mol. The fourth-order valence-corrected chi connectivity index (χ4v) is 4.07. The molecule has 0 N–H and O–H groups in total. The molecular weight excluding hydrogens is 469 g/mol. The van der Waals surface area contributed by atoms with E-state index in [2.05, 4.69) is 127 Å². The van der Waals surface area contributed by atoms with Crippen molar-refractivity contribution in [3.05, 3.63) is 99.1 Å². The third-order valence-electron chi connectivity index (χ3n) is 4.86. The normalized spacial score (nSPS) is 12.0. The topological polar surface area (TPSA) is 12.5 Å². The second-order valence-electron chi connectivity index (χ2n) is 7.24. The van der Waals surface area contributed by atoms with E-state index >= 15 is 0 Å². The first-order valence-electron chi connectivity index (χ1n) is 10.0. The molecule has 3 aromatic rings. The molecule has 0 spiro atoms. The first-order valence-corrected chi connectivity index (χ1v) is 11.1. The van der Waals surface area contributed by atoms with Crippen molar-refractivity contribution in [2.24, 2.45) is 0 Å². The van der Waals surface area contributed by atoms with Crippen LogP contribution in [0.2, 0.25) is 0 Å². The van der Waals surface area contributed by atoms with Crippen molar-refractivity contribution in [1.29, 1.82) is 0 Å². The average Bonchev–Trinajstić information content (AvgIpc) is 2.74. The molecule has 0 unspecified atom stereocenters. The Hall–Kier alpha value is -2.11. The molecule has 3 rings (SSSR count). The van der Waals surface area contributed by atoms with E-state index in [-0.39, 0.29) is 0 Å². The maximum Gasteiger partial charge on any atom is 0.132 e. The number of rotatable bonds is 8. The van der Waals surface area contributed by atoms with E-state index in [4.69, 9.17) is 4.74 Å². The van der Waals surface area contributed by atoms with Crippen molar-refractivity contribution in [3.8, 4) is 5.75 Å². The van der Waals surface area contributed by atoms with E-state index in [1.165, 1.54) is 27.8 Å². The molecule has 0 bridgehead atoms. The van der Waals surface area contributed by atoms with E-state index in [1.54, 1.807) is 0 Å². The van der Waals surface area contributed by atoms with Crippen LogP contribution >= 0.6 is 22.6 Å². The maximum atomic E-state index is 5.99. The molecule has 3 heteroatoms. The van der Waals surface area contributed by atoms with Gasteiger partial charge >= 0.3 is 0 Å². The summed E-state index contributed by atoms with van der Waals surface area (Å²) in [5.41, 5.74) is 6.38. The van der Waals surface area contributed by atoms with Gasteiger partial charge in [0.05, 0.1) is 3.57 Å². The first kappa shape index (κ1) is 21.6. The smallest absolute Gasteiger partial charge is 0.132 e. The lowest BCUT2D eigenvalue weighted by atomic mass is 9.88. The van der Waals surface area contributed by atoms with Crippen molar-refractivity contribution in [2.75, 3.05) is 27.2 Å². The van der Waals surface area contributed by atoms with Gasteiger partial charge < -0.3 is 9.64 Å². The minimum Gasteiger partial charge on any atom is -0.491 e. The van der Waals surface area contributed by atoms with Gasteiger partial charge in [0.1, 0.15) is 12.4 Å². The van der Waals surface area contributed by atoms with Gasteiger partial charge in [0.25, 0.3) is 0 Å². The van der Waals surface area contributed by atoms with Gasteiger partial charge in [-0.05, 0) is 83.1 Å². The lowest BCUT2D eigenvalue weighted by Crippen LogP contribution is -2.19. The molecule has 0 atom stereocenters. The summed E-state index contributed by atoms with van der Waals surface area (Å²) >= 11 is 2.38. The summed E-state index contributed by atoms with van der Waals surface area (Å²) < 4.78 is 7.13. The van der Waals surface area contributed by atoms with E-state index in [0.29, 0.717) is 6.61 Å². The third-order valence-corrected chi connectivity index (χ3v) is 5.70. The van der Waals surface area contributed by atoms with Crippen LogP contribution < -0.4 is 4.74 Å². The molecule has 0 heterocycles. The van der Waals surface area contributed by atoms with Gasteiger partial charge in [-0.2, -0.15) is 0 Å². The average molecular weight is 497 g/mol. The Morgan fingerprint density at radius 1 is 0.828 bits per heavy atom. The Morgan fingerprint density at radius 3 is 2.00 bits per heavy atom. The summed E-state index contributed by atoms with van der Waals surface area (Å²) in [6.07, 6.45) is 0.964. The van der Waals surface area contributed by atoms with Crippen LogP contribution in [0.1, 0.15) is 30.0 Å². The Balaban J connectivity index is 2.06. The molecule has 0 amide bonds. The van der Waals surface area contributed by atoms with Crippen LogP contribution in [0.4, 0.5) is 0 Å². The van der Waals surface area contributed by atoms with Gasteiger partial charge in [0.2, 0.25) is 0 Å². The molecule has 0 saturated carbocycles. The van der Waals surface area contributed by atoms with E-state index in [0.717, 1.165) is 22.3 Å². The Labute approximate surface area is 188 Å². The van der Waals surface area contributed by atoms with E-state index in [9.17, 15) is 0 Å². The molecule has 29 heavy (non-hydrogen) atoms. The fraction of sp³-hybridized carbons (Fsp3) is 0.231. The van der Waals surface area contributed by atoms with Crippen molar-refractivity contribution in [2.45, 2.75) is 13.3 Å². The van der Waals surface area contributed by atoms with Gasteiger partial charge in [-0.3, -0.25) is 0 Å². The molecule has 0 aliphatic carbocycles. The van der Waals surface area contributed by atoms with Crippen LogP contribution in [0, 0.1) is 3.57 Å². The zero-order valence-corrected chi connectivity index (χ0v) is 19.5. The van der Waals surface area contributed by atoms with Crippen LogP contribution in [0.5, 0.6) is 5.75 Å². The lowest BCUT2D eigenvalue weighted by Gasteiger charge is -2.18. The molecule has 3 aromatic carbocycles. The minimum atomic E-state index is 0.688. The van der Waals surface area contributed by atoms with Crippen molar-refractivity contribution < 1.29 is 4.74 Å². The minimum absolute atomic E-state index is 0.688. The molecule has 0 radical (unpaired) electrons. The zero-order chi connectivity index (χ0) is 20.6. The maximum absolute atomic E-state index is 5.99. The summed E-state index contributed by atoms with van der Waals surface area (Å²) in [4.78, 5) is 2.13. The first-order chi connectivity index (χ1) is 14.1. The van der Waals surface area contributed by atoms with Gasteiger partial charge in [-0.25, -0.2) is 0 Å². The Bertz CT molecular complexity index is 949. The Kier molecular flexibility index (Phi) is 7.90. The Morgan fingerprint density at radius 2 is 1.45 bits per heavy atom. The van der Waals surface area contributed by atoms with Crippen molar-refractivity contribution in [3.63, 3.8) is 0 Å². The van der Waals surface area contributed by atoms with Crippen LogP contribution in [-0.4, -0.2) is 32.1 Å². The summed E-state index contributed by atoms with van der Waals surface area (Å²) in [6.45, 7) is 3.82. The molecule has 150 valence electrons. The van der Waals surface area contributed by atoms with Crippen LogP contribution in [0.25, 0.3) is 11.1 Å². The highest BCUT2D eigenvalue weighted by Crippen LogP contribution is 2.36. The van der Waals surface area contributed by atoms with Gasteiger partial charge in [-0.15, -0.1) is 0 Å². The lowest BCUT2D eigenvalue weighted by molar-refractivity contribution is 0.260. The summed E-state index contributed by atoms with van der Waals surface area (Å²) in [6, 6.07) is 27.9. The quantitative estimate of drug-likeness (QED) is 0.257. The number of benzene rings is 3. The molecule has 0 saturated heterocycles. The molecular formula is C26H28INO. The van der Waals surface area contributed by atoms with Crippen LogP contribution in [0.3, 0.4) is 0 Å². The SMILES string of the molecule is CC/C(=C(/c1ccccc1)c1ccc(OCCN(C)C)c(I)c1)c1ccccc1. The molecule has 2 nitrogen and oxygen atoms in total. The van der Waals surface area contributed by atoms with Crippen LogP contribution in [-0.2, 0) is 0 Å². The van der Waals surface area contributed by atoms with Crippen molar-refractivity contribution in [1.82, 2.24) is 4.90 Å². The highest BCUT2D eigenvalue weighted by atomic mass is 127. The second-order valence-corrected chi connectivity index (χ2v) is 8.40. The highest BCUT2D eigenvalue weighted by Gasteiger charge is 2.14. The molecule has 0 aliphatic rings. The van der Waals surface area contributed by atoms with Gasteiger partial charge in [-0.1, -0.05) is 73.7 Å². The largest absolute Gasteiger partial charge is 0.491 e. The van der Waals surface area contributed by atoms with E-state index < -0.39 is 0 Å². The number of hydrogen-bond acceptors (Lipinski definition) is 2. The number of ether oxygens (including phenoxy) is 1. The molecule has 0 aromatic heterocycles. The third kappa shape index (κ3) is 5.71. The summed E-state index contributed by atoms with van der Waals surface area (Å²) in [5.74, 6) is 0.946.